The number of hydrogen-bond donors (Lipinski definition) is 2. The summed E-state index contributed by atoms with van der Waals surface area (Å²) >= 11 is 5.80. The number of carbonyl (C=O) groups is 3. The second-order valence-corrected chi connectivity index (χ2v) is 6.61. The Balaban J connectivity index is 1.81. The highest BCUT2D eigenvalue weighted by Crippen LogP contribution is 2.20. The average Bonchev–Trinajstić information content (AvgIpc) is 2.66. The molecule has 0 spiro atoms. The van der Waals surface area contributed by atoms with Crippen LogP contribution in [0.1, 0.15) is 34.1 Å². The maximum Gasteiger partial charge on any atom is 0.338 e. The van der Waals surface area contributed by atoms with Gasteiger partial charge in [-0.1, -0.05) is 29.8 Å². The fraction of sp³-hybridized carbons (Fsp3) is 0.250. The zero-order valence-electron chi connectivity index (χ0n) is 15.3. The minimum absolute atomic E-state index is 0.178. The van der Waals surface area contributed by atoms with Crippen molar-refractivity contribution in [2.45, 2.75) is 25.5 Å². The molecule has 2 unspecified atom stereocenters. The first-order valence-corrected chi connectivity index (χ1v) is 8.92. The molecule has 4 N–H and O–H groups in total. The van der Waals surface area contributed by atoms with Crippen molar-refractivity contribution in [3.8, 4) is 0 Å². The molecule has 0 bridgehead atoms. The molecule has 28 heavy (non-hydrogen) atoms. The molecule has 0 heterocycles. The van der Waals surface area contributed by atoms with E-state index in [1.54, 1.807) is 37.3 Å². The van der Waals surface area contributed by atoms with Crippen molar-refractivity contribution in [3.63, 3.8) is 0 Å². The summed E-state index contributed by atoms with van der Waals surface area (Å²) in [6.45, 7) is 1.40. The smallest absolute Gasteiger partial charge is 0.338 e. The van der Waals surface area contributed by atoms with Gasteiger partial charge < -0.3 is 20.9 Å². The fourth-order valence-electron chi connectivity index (χ4n) is 2.35. The van der Waals surface area contributed by atoms with E-state index in [-0.39, 0.29) is 24.3 Å². The van der Waals surface area contributed by atoms with Gasteiger partial charge in [0.1, 0.15) is 18.8 Å². The van der Waals surface area contributed by atoms with Crippen molar-refractivity contribution in [1.29, 1.82) is 0 Å². The van der Waals surface area contributed by atoms with Gasteiger partial charge in [0, 0.05) is 22.7 Å². The molecule has 0 aliphatic carbocycles. The van der Waals surface area contributed by atoms with Crippen LogP contribution in [-0.2, 0) is 14.3 Å². The summed E-state index contributed by atoms with van der Waals surface area (Å²) in [5, 5.41) is 0.400. The third kappa shape index (κ3) is 6.07. The fourth-order valence-corrected chi connectivity index (χ4v) is 2.53. The Kier molecular flexibility index (Phi) is 7.54. The predicted octanol–water partition coefficient (Wildman–Crippen LogP) is 2.61. The topological polar surface area (TPSA) is 122 Å². The molecule has 0 amide bonds. The van der Waals surface area contributed by atoms with Gasteiger partial charge in [-0.3, -0.25) is 9.59 Å². The summed E-state index contributed by atoms with van der Waals surface area (Å²) in [7, 11) is 0. The van der Waals surface area contributed by atoms with Crippen LogP contribution in [0.3, 0.4) is 0 Å². The highest BCUT2D eigenvalue weighted by Gasteiger charge is 2.22. The van der Waals surface area contributed by atoms with E-state index in [1.807, 2.05) is 0 Å². The molecule has 0 saturated heterocycles. The van der Waals surface area contributed by atoms with Gasteiger partial charge in [0.05, 0.1) is 5.56 Å². The SMILES string of the molecule is CC(COC(=O)C(N)CC(=O)c1ccc(Cl)cc1N)OC(=O)c1ccccc1. The van der Waals surface area contributed by atoms with E-state index in [1.165, 1.54) is 18.2 Å². The molecule has 0 aliphatic rings. The van der Waals surface area contributed by atoms with Gasteiger partial charge in [0.2, 0.25) is 0 Å². The average molecular weight is 405 g/mol. The van der Waals surface area contributed by atoms with E-state index in [0.717, 1.165) is 0 Å². The zero-order valence-corrected chi connectivity index (χ0v) is 16.0. The number of ether oxygens (including phenoxy) is 2. The predicted molar refractivity (Wildman–Crippen MR) is 105 cm³/mol. The first-order chi connectivity index (χ1) is 13.3. The van der Waals surface area contributed by atoms with Crippen molar-refractivity contribution in [3.05, 3.63) is 64.7 Å². The first-order valence-electron chi connectivity index (χ1n) is 8.54. The summed E-state index contributed by atoms with van der Waals surface area (Å²) in [6, 6.07) is 11.7. The van der Waals surface area contributed by atoms with Crippen LogP contribution in [-0.4, -0.2) is 36.5 Å². The van der Waals surface area contributed by atoms with Crippen LogP contribution in [0.2, 0.25) is 5.02 Å². The minimum Gasteiger partial charge on any atom is -0.461 e. The summed E-state index contributed by atoms with van der Waals surface area (Å²) in [5.41, 5.74) is 12.3. The number of anilines is 1. The molecule has 0 saturated carbocycles. The number of esters is 2. The summed E-state index contributed by atoms with van der Waals surface area (Å²) in [6.07, 6.45) is -0.950. The molecule has 8 heteroatoms. The molecule has 2 aromatic rings. The van der Waals surface area contributed by atoms with Gasteiger partial charge in [-0.05, 0) is 37.3 Å². The van der Waals surface area contributed by atoms with Crippen molar-refractivity contribution >= 4 is 35.0 Å². The highest BCUT2D eigenvalue weighted by atomic mass is 35.5. The standard InChI is InChI=1S/C20H21ClN2O5/c1-12(28-19(25)13-5-3-2-4-6-13)11-27-20(26)17(23)10-18(24)15-8-7-14(21)9-16(15)22/h2-9,12,17H,10-11,22-23H2,1H3. The van der Waals surface area contributed by atoms with Crippen molar-refractivity contribution in [1.82, 2.24) is 0 Å². The number of benzene rings is 2. The van der Waals surface area contributed by atoms with Gasteiger partial charge in [0.25, 0.3) is 0 Å². The van der Waals surface area contributed by atoms with E-state index >= 15 is 0 Å². The quantitative estimate of drug-likeness (QED) is 0.394. The minimum atomic E-state index is -1.17. The van der Waals surface area contributed by atoms with Crippen LogP contribution < -0.4 is 11.5 Å². The molecular formula is C20H21ClN2O5. The van der Waals surface area contributed by atoms with Crippen LogP contribution in [0.4, 0.5) is 5.69 Å². The van der Waals surface area contributed by atoms with Gasteiger partial charge >= 0.3 is 11.9 Å². The number of halogens is 1. The molecule has 7 nitrogen and oxygen atoms in total. The number of ketones is 1. The van der Waals surface area contributed by atoms with Crippen LogP contribution in [0.25, 0.3) is 0 Å². The van der Waals surface area contributed by atoms with E-state index < -0.39 is 29.9 Å². The zero-order chi connectivity index (χ0) is 20.7. The maximum atomic E-state index is 12.3. The van der Waals surface area contributed by atoms with E-state index in [2.05, 4.69) is 0 Å². The summed E-state index contributed by atoms with van der Waals surface area (Å²) in [4.78, 5) is 36.2. The number of carbonyl (C=O) groups excluding carboxylic acids is 3. The van der Waals surface area contributed by atoms with Crippen molar-refractivity contribution in [2.75, 3.05) is 12.3 Å². The van der Waals surface area contributed by atoms with E-state index in [4.69, 9.17) is 32.5 Å². The summed E-state index contributed by atoms with van der Waals surface area (Å²) < 4.78 is 10.2. The largest absolute Gasteiger partial charge is 0.461 e. The van der Waals surface area contributed by atoms with Crippen LogP contribution >= 0.6 is 11.6 Å². The number of hydrogen-bond acceptors (Lipinski definition) is 7. The first kappa shape index (κ1) is 21.4. The second kappa shape index (κ2) is 9.87. The maximum absolute atomic E-state index is 12.3. The summed E-state index contributed by atoms with van der Waals surface area (Å²) in [5.74, 6) is -1.70. The Morgan fingerprint density at radius 3 is 2.43 bits per heavy atom. The lowest BCUT2D eigenvalue weighted by molar-refractivity contribution is -0.148. The number of rotatable bonds is 8. The lowest BCUT2D eigenvalue weighted by Gasteiger charge is -2.16. The van der Waals surface area contributed by atoms with Crippen LogP contribution in [0.15, 0.2) is 48.5 Å². The molecule has 2 aromatic carbocycles. The molecule has 0 aliphatic heterocycles. The third-order valence-corrected chi connectivity index (χ3v) is 4.04. The van der Waals surface area contributed by atoms with E-state index in [9.17, 15) is 14.4 Å². The lowest BCUT2D eigenvalue weighted by atomic mass is 10.0. The Morgan fingerprint density at radius 1 is 1.11 bits per heavy atom. The normalized spacial score (nSPS) is 12.7. The molecule has 2 atom stereocenters. The second-order valence-electron chi connectivity index (χ2n) is 6.18. The Hall–Kier alpha value is -2.90. The Morgan fingerprint density at radius 2 is 1.79 bits per heavy atom. The van der Waals surface area contributed by atoms with Crippen LogP contribution in [0.5, 0.6) is 0 Å². The molecule has 0 radical (unpaired) electrons. The van der Waals surface area contributed by atoms with Gasteiger partial charge in [-0.2, -0.15) is 0 Å². The van der Waals surface area contributed by atoms with Crippen molar-refractivity contribution in [2.24, 2.45) is 5.73 Å². The van der Waals surface area contributed by atoms with Gasteiger partial charge in [-0.15, -0.1) is 0 Å². The molecule has 0 aromatic heterocycles. The number of Topliss-reactive ketones (excluding diaryl/α,β-unsaturated/α-hetero) is 1. The van der Waals surface area contributed by atoms with E-state index in [0.29, 0.717) is 10.6 Å². The lowest BCUT2D eigenvalue weighted by Crippen LogP contribution is -2.36. The number of nitrogens with two attached hydrogens (primary N) is 2. The number of nitrogen functional groups attached to an aromatic ring is 1. The third-order valence-electron chi connectivity index (χ3n) is 3.80. The Bertz CT molecular complexity index is 857. The van der Waals surface area contributed by atoms with Crippen LogP contribution in [0, 0.1) is 0 Å². The van der Waals surface area contributed by atoms with Crippen molar-refractivity contribution < 1.29 is 23.9 Å². The Labute approximate surface area is 167 Å². The molecule has 2 rings (SSSR count). The molecule has 0 fully saturated rings. The monoisotopic (exact) mass is 404 g/mol. The molecule has 148 valence electrons. The molecular weight excluding hydrogens is 384 g/mol. The van der Waals surface area contributed by atoms with Gasteiger partial charge in [0.15, 0.2) is 5.78 Å². The highest BCUT2D eigenvalue weighted by molar-refractivity contribution is 6.31. The van der Waals surface area contributed by atoms with Gasteiger partial charge in [-0.25, -0.2) is 4.79 Å².